The van der Waals surface area contributed by atoms with E-state index in [9.17, 15) is 4.79 Å². The third kappa shape index (κ3) is 6.57. The van der Waals surface area contributed by atoms with Crippen molar-refractivity contribution in [2.24, 2.45) is 5.92 Å². The Morgan fingerprint density at radius 1 is 1.28 bits per heavy atom. The molecule has 32 heavy (non-hydrogen) atoms. The first kappa shape index (κ1) is 23.3. The molecule has 0 saturated carbocycles. The van der Waals surface area contributed by atoms with Crippen LogP contribution in [0, 0.1) is 5.92 Å². The molecule has 0 bridgehead atoms. The average molecular weight is 536 g/mol. The summed E-state index contributed by atoms with van der Waals surface area (Å²) in [5.41, 5.74) is 0.904. The van der Waals surface area contributed by atoms with Crippen molar-refractivity contribution in [1.82, 2.24) is 20.4 Å². The number of likely N-dealkylation sites (tertiary alicyclic amines) is 1. The molecule has 1 amide bonds. The number of hydrogen-bond acceptors (Lipinski definition) is 6. The first-order chi connectivity index (χ1) is 15.6. The molecule has 3 aromatic rings. The Labute approximate surface area is 205 Å². The van der Waals surface area contributed by atoms with Crippen molar-refractivity contribution in [3.63, 3.8) is 0 Å². The Bertz CT molecular complexity index is 1050. The molecule has 0 radical (unpaired) electrons. The smallest absolute Gasteiger partial charge is 0.241 e. The summed E-state index contributed by atoms with van der Waals surface area (Å²) in [4.78, 5) is 20.5. The van der Waals surface area contributed by atoms with Crippen LogP contribution in [0.25, 0.3) is 11.4 Å². The summed E-state index contributed by atoms with van der Waals surface area (Å²) in [7, 11) is 0. The molecule has 4 rings (SSSR count). The van der Waals surface area contributed by atoms with Crippen LogP contribution in [0.15, 0.2) is 62.4 Å². The van der Waals surface area contributed by atoms with Gasteiger partial charge >= 0.3 is 0 Å². The molecule has 6 nitrogen and oxygen atoms in total. The average Bonchev–Trinajstić information content (AvgIpc) is 3.26. The zero-order valence-electron chi connectivity index (χ0n) is 17.5. The second-order valence-electron chi connectivity index (χ2n) is 7.69. The van der Waals surface area contributed by atoms with Gasteiger partial charge in [0.1, 0.15) is 0 Å². The van der Waals surface area contributed by atoms with E-state index in [0.717, 1.165) is 45.1 Å². The van der Waals surface area contributed by atoms with E-state index in [-0.39, 0.29) is 11.8 Å². The van der Waals surface area contributed by atoms with Crippen LogP contribution in [0.3, 0.4) is 0 Å². The van der Waals surface area contributed by atoms with Gasteiger partial charge in [0.15, 0.2) is 0 Å². The fourth-order valence-corrected chi connectivity index (χ4v) is 4.98. The molecular formula is C23H24BrClN4O2S. The standard InChI is InChI=1S/C23H24BrClN4O2S/c24-18-5-1-3-16(13-18)22-27-21(31-28-22)15-29-11-2-4-17(14-29)23(30)26-10-12-32-20-8-6-19(25)7-9-20/h1,3,5-9,13,17H,2,4,10-12,14-15H2,(H,26,30). The molecule has 1 aromatic heterocycles. The monoisotopic (exact) mass is 534 g/mol. The van der Waals surface area contributed by atoms with Crippen LogP contribution in [-0.4, -0.2) is 46.3 Å². The second-order valence-corrected chi connectivity index (χ2v) is 10.2. The molecule has 1 unspecified atom stereocenters. The number of nitrogens with one attached hydrogen (secondary N) is 1. The maximum Gasteiger partial charge on any atom is 0.241 e. The fraction of sp³-hybridized carbons (Fsp3) is 0.348. The fourth-order valence-electron chi connectivity index (χ4n) is 3.69. The number of hydrogen-bond donors (Lipinski definition) is 1. The summed E-state index contributed by atoms with van der Waals surface area (Å²) >= 11 is 11.1. The van der Waals surface area contributed by atoms with Crippen molar-refractivity contribution in [2.45, 2.75) is 24.3 Å². The molecule has 1 fully saturated rings. The van der Waals surface area contributed by atoms with Crippen molar-refractivity contribution in [3.8, 4) is 11.4 Å². The van der Waals surface area contributed by atoms with Crippen molar-refractivity contribution in [1.29, 1.82) is 0 Å². The Balaban J connectivity index is 1.23. The maximum absolute atomic E-state index is 12.7. The zero-order valence-corrected chi connectivity index (χ0v) is 20.6. The number of carbonyl (C=O) groups is 1. The first-order valence-corrected chi connectivity index (χ1v) is 12.7. The lowest BCUT2D eigenvalue weighted by molar-refractivity contribution is -0.126. The van der Waals surface area contributed by atoms with Crippen LogP contribution in [-0.2, 0) is 11.3 Å². The molecular weight excluding hydrogens is 512 g/mol. The van der Waals surface area contributed by atoms with Crippen LogP contribution in [0.2, 0.25) is 5.02 Å². The summed E-state index contributed by atoms with van der Waals surface area (Å²) in [5, 5.41) is 7.92. The normalized spacial score (nSPS) is 16.8. The van der Waals surface area contributed by atoms with Gasteiger partial charge in [-0.2, -0.15) is 4.98 Å². The van der Waals surface area contributed by atoms with Gasteiger partial charge in [-0.15, -0.1) is 11.8 Å². The molecule has 1 aliphatic rings. The van der Waals surface area contributed by atoms with Crippen LogP contribution in [0.5, 0.6) is 0 Å². The maximum atomic E-state index is 12.7. The first-order valence-electron chi connectivity index (χ1n) is 10.5. The molecule has 0 aliphatic carbocycles. The highest BCUT2D eigenvalue weighted by Gasteiger charge is 2.26. The lowest BCUT2D eigenvalue weighted by Gasteiger charge is -2.30. The third-order valence-corrected chi connectivity index (χ3v) is 7.03. The summed E-state index contributed by atoms with van der Waals surface area (Å²) < 4.78 is 6.43. The third-order valence-electron chi connectivity index (χ3n) is 5.27. The quantitative estimate of drug-likeness (QED) is 0.313. The van der Waals surface area contributed by atoms with Gasteiger partial charge in [0.05, 0.1) is 12.5 Å². The van der Waals surface area contributed by atoms with E-state index in [2.05, 4.69) is 36.3 Å². The topological polar surface area (TPSA) is 71.3 Å². The van der Waals surface area contributed by atoms with Crippen LogP contribution in [0.4, 0.5) is 0 Å². The van der Waals surface area contributed by atoms with Crippen molar-refractivity contribution < 1.29 is 9.32 Å². The van der Waals surface area contributed by atoms with E-state index in [0.29, 0.717) is 31.3 Å². The Morgan fingerprint density at radius 2 is 2.12 bits per heavy atom. The molecule has 168 valence electrons. The lowest BCUT2D eigenvalue weighted by atomic mass is 9.97. The Hall–Kier alpha value is -1.87. The van der Waals surface area contributed by atoms with Gasteiger partial charge in [0, 0.05) is 38.8 Å². The van der Waals surface area contributed by atoms with Crippen LogP contribution in [0.1, 0.15) is 18.7 Å². The molecule has 1 aliphatic heterocycles. The number of rotatable bonds is 8. The highest BCUT2D eigenvalue weighted by Crippen LogP contribution is 2.23. The zero-order chi connectivity index (χ0) is 22.3. The second kappa shape index (κ2) is 11.3. The van der Waals surface area contributed by atoms with E-state index in [1.807, 2.05) is 48.5 Å². The minimum absolute atomic E-state index is 0.0169. The van der Waals surface area contributed by atoms with Crippen molar-refractivity contribution in [2.75, 3.05) is 25.4 Å². The molecule has 9 heteroatoms. The van der Waals surface area contributed by atoms with E-state index < -0.39 is 0 Å². The van der Waals surface area contributed by atoms with Gasteiger partial charge in [-0.25, -0.2) is 0 Å². The number of amides is 1. The SMILES string of the molecule is O=C(NCCSc1ccc(Cl)cc1)C1CCCN(Cc2nc(-c3cccc(Br)c3)no2)C1. The van der Waals surface area contributed by atoms with E-state index in [1.54, 1.807) is 11.8 Å². The van der Waals surface area contributed by atoms with Gasteiger partial charge in [-0.05, 0) is 55.8 Å². The summed E-state index contributed by atoms with van der Waals surface area (Å²) in [6.45, 7) is 2.81. The number of benzene rings is 2. The van der Waals surface area contributed by atoms with Gasteiger partial charge in [0.25, 0.3) is 0 Å². The van der Waals surface area contributed by atoms with E-state index in [4.69, 9.17) is 16.1 Å². The summed E-state index contributed by atoms with van der Waals surface area (Å²) in [5.74, 6) is 2.07. The van der Waals surface area contributed by atoms with Crippen molar-refractivity contribution in [3.05, 3.63) is 63.9 Å². The number of piperidine rings is 1. The van der Waals surface area contributed by atoms with E-state index >= 15 is 0 Å². The predicted octanol–water partition coefficient (Wildman–Crippen LogP) is 5.27. The minimum atomic E-state index is -0.0169. The minimum Gasteiger partial charge on any atom is -0.355 e. The Morgan fingerprint density at radius 3 is 2.94 bits per heavy atom. The molecule has 0 spiro atoms. The van der Waals surface area contributed by atoms with Crippen LogP contribution >= 0.6 is 39.3 Å². The number of carbonyl (C=O) groups excluding carboxylic acids is 1. The van der Waals surface area contributed by atoms with Gasteiger partial charge in [-0.3, -0.25) is 9.69 Å². The molecule has 2 heterocycles. The number of thioether (sulfide) groups is 1. The highest BCUT2D eigenvalue weighted by atomic mass is 79.9. The molecule has 1 atom stereocenters. The van der Waals surface area contributed by atoms with Gasteiger partial charge in [0.2, 0.25) is 17.6 Å². The van der Waals surface area contributed by atoms with Crippen molar-refractivity contribution >= 4 is 45.2 Å². The van der Waals surface area contributed by atoms with E-state index in [1.165, 1.54) is 0 Å². The highest BCUT2D eigenvalue weighted by molar-refractivity contribution is 9.10. The number of halogens is 2. The molecule has 1 saturated heterocycles. The number of aromatic nitrogens is 2. The number of nitrogens with zero attached hydrogens (tertiary/aromatic N) is 3. The largest absolute Gasteiger partial charge is 0.355 e. The summed E-state index contributed by atoms with van der Waals surface area (Å²) in [6.07, 6.45) is 1.88. The molecule has 2 aromatic carbocycles. The predicted molar refractivity (Wildman–Crippen MR) is 131 cm³/mol. The Kier molecular flexibility index (Phi) is 8.24. The summed E-state index contributed by atoms with van der Waals surface area (Å²) in [6, 6.07) is 15.6. The van der Waals surface area contributed by atoms with Gasteiger partial charge in [-0.1, -0.05) is 44.8 Å². The molecule has 1 N–H and O–H groups in total. The van der Waals surface area contributed by atoms with Crippen LogP contribution < -0.4 is 5.32 Å². The lowest BCUT2D eigenvalue weighted by Crippen LogP contribution is -2.43. The van der Waals surface area contributed by atoms with Gasteiger partial charge < -0.3 is 9.84 Å².